The summed E-state index contributed by atoms with van der Waals surface area (Å²) in [5.41, 5.74) is 2.12. The molecule has 2 amide bonds. The van der Waals surface area contributed by atoms with Gasteiger partial charge in [0.2, 0.25) is 0 Å². The lowest BCUT2D eigenvalue weighted by Gasteiger charge is -2.07. The Morgan fingerprint density at radius 1 is 1.05 bits per heavy atom. The van der Waals surface area contributed by atoms with E-state index in [1.165, 1.54) is 0 Å². The van der Waals surface area contributed by atoms with Crippen molar-refractivity contribution in [2.45, 2.75) is 13.0 Å². The van der Waals surface area contributed by atoms with E-state index in [4.69, 9.17) is 9.52 Å². The number of amides is 2. The Morgan fingerprint density at radius 2 is 1.81 bits per heavy atom. The first-order chi connectivity index (χ1) is 10.1. The summed E-state index contributed by atoms with van der Waals surface area (Å²) in [5, 5.41) is 14.2. The minimum absolute atomic E-state index is 0.252. The maximum Gasteiger partial charge on any atom is 0.335 e. The molecule has 0 bridgehead atoms. The number of urea groups is 1. The van der Waals surface area contributed by atoms with Gasteiger partial charge in [0.15, 0.2) is 0 Å². The largest absolute Gasteiger partial charge is 0.478 e. The van der Waals surface area contributed by atoms with Crippen molar-refractivity contribution in [2.75, 3.05) is 6.54 Å². The van der Waals surface area contributed by atoms with Gasteiger partial charge in [0.05, 0.1) is 18.1 Å². The zero-order valence-corrected chi connectivity index (χ0v) is 11.3. The molecular formula is C15H16N2O4. The highest BCUT2D eigenvalue weighted by atomic mass is 16.4. The third-order valence-electron chi connectivity index (χ3n) is 2.93. The maximum atomic E-state index is 11.5. The first-order valence-corrected chi connectivity index (χ1v) is 6.50. The normalized spacial score (nSPS) is 10.1. The van der Waals surface area contributed by atoms with Crippen LogP contribution in [0, 0.1) is 0 Å². The molecular weight excluding hydrogens is 272 g/mol. The highest BCUT2D eigenvalue weighted by Crippen LogP contribution is 2.04. The summed E-state index contributed by atoms with van der Waals surface area (Å²) in [7, 11) is 0. The zero-order chi connectivity index (χ0) is 15.1. The van der Waals surface area contributed by atoms with Crippen LogP contribution in [0.5, 0.6) is 0 Å². The van der Waals surface area contributed by atoms with Gasteiger partial charge < -0.3 is 20.2 Å². The molecule has 110 valence electrons. The Kier molecular flexibility index (Phi) is 4.98. The number of furan rings is 1. The van der Waals surface area contributed by atoms with Gasteiger partial charge in [-0.15, -0.1) is 0 Å². The van der Waals surface area contributed by atoms with Crippen LogP contribution >= 0.6 is 0 Å². The number of carbonyl (C=O) groups excluding carboxylic acids is 1. The molecule has 1 aromatic carbocycles. The molecule has 2 rings (SSSR count). The van der Waals surface area contributed by atoms with Crippen molar-refractivity contribution in [2.24, 2.45) is 0 Å². The van der Waals surface area contributed by atoms with Gasteiger partial charge in [-0.1, -0.05) is 12.1 Å². The summed E-state index contributed by atoms with van der Waals surface area (Å²) >= 11 is 0. The minimum Gasteiger partial charge on any atom is -0.478 e. The van der Waals surface area contributed by atoms with E-state index >= 15 is 0 Å². The molecule has 0 aliphatic heterocycles. The lowest BCUT2D eigenvalue weighted by atomic mass is 10.1. The van der Waals surface area contributed by atoms with Crippen molar-refractivity contribution in [1.29, 1.82) is 0 Å². The molecule has 0 atom stereocenters. The van der Waals surface area contributed by atoms with Crippen LogP contribution in [0.4, 0.5) is 4.79 Å². The topological polar surface area (TPSA) is 91.6 Å². The molecule has 6 heteroatoms. The summed E-state index contributed by atoms with van der Waals surface area (Å²) in [6, 6.07) is 8.12. The van der Waals surface area contributed by atoms with E-state index < -0.39 is 5.97 Å². The fourth-order valence-electron chi connectivity index (χ4n) is 1.77. The van der Waals surface area contributed by atoms with Crippen LogP contribution in [0.25, 0.3) is 0 Å². The number of carboxylic acid groups (broad SMARTS) is 1. The molecule has 0 radical (unpaired) electrons. The molecule has 0 aliphatic carbocycles. The number of benzene rings is 1. The molecule has 6 nitrogen and oxygen atoms in total. The van der Waals surface area contributed by atoms with E-state index in [9.17, 15) is 9.59 Å². The van der Waals surface area contributed by atoms with Gasteiger partial charge in [-0.05, 0) is 30.2 Å². The van der Waals surface area contributed by atoms with Gasteiger partial charge >= 0.3 is 12.0 Å². The van der Waals surface area contributed by atoms with Gasteiger partial charge in [-0.25, -0.2) is 9.59 Å². The number of rotatable bonds is 6. The number of nitrogens with one attached hydrogen (secondary N) is 2. The van der Waals surface area contributed by atoms with Crippen molar-refractivity contribution in [3.63, 3.8) is 0 Å². The van der Waals surface area contributed by atoms with Crippen LogP contribution in [0.3, 0.4) is 0 Å². The van der Waals surface area contributed by atoms with E-state index in [2.05, 4.69) is 10.6 Å². The number of hydrogen-bond acceptors (Lipinski definition) is 3. The molecule has 0 fully saturated rings. The second kappa shape index (κ2) is 7.14. The van der Waals surface area contributed by atoms with E-state index in [1.54, 1.807) is 42.9 Å². The predicted molar refractivity (Wildman–Crippen MR) is 76.1 cm³/mol. The second-order valence-corrected chi connectivity index (χ2v) is 4.49. The Bertz CT molecular complexity index is 591. The van der Waals surface area contributed by atoms with E-state index in [0.717, 1.165) is 11.1 Å². The van der Waals surface area contributed by atoms with Crippen molar-refractivity contribution in [3.05, 3.63) is 59.5 Å². The third kappa shape index (κ3) is 4.68. The number of hydrogen-bond donors (Lipinski definition) is 3. The smallest absolute Gasteiger partial charge is 0.335 e. The van der Waals surface area contributed by atoms with Gasteiger partial charge in [0.1, 0.15) is 0 Å². The molecule has 3 N–H and O–H groups in total. The lowest BCUT2D eigenvalue weighted by molar-refractivity contribution is 0.0697. The monoisotopic (exact) mass is 288 g/mol. The molecule has 0 spiro atoms. The van der Waals surface area contributed by atoms with Crippen molar-refractivity contribution in [3.8, 4) is 0 Å². The zero-order valence-electron chi connectivity index (χ0n) is 11.3. The third-order valence-corrected chi connectivity index (χ3v) is 2.93. The average Bonchev–Trinajstić information content (AvgIpc) is 2.99. The highest BCUT2D eigenvalue weighted by Gasteiger charge is 2.03. The maximum absolute atomic E-state index is 11.5. The lowest BCUT2D eigenvalue weighted by Crippen LogP contribution is -2.36. The van der Waals surface area contributed by atoms with E-state index in [-0.39, 0.29) is 11.6 Å². The van der Waals surface area contributed by atoms with Gasteiger partial charge in [-0.3, -0.25) is 0 Å². The predicted octanol–water partition coefficient (Wildman–Crippen LogP) is 2.02. The average molecular weight is 288 g/mol. The molecule has 0 saturated carbocycles. The van der Waals surface area contributed by atoms with E-state index in [1.807, 2.05) is 0 Å². The Hall–Kier alpha value is -2.76. The summed E-state index contributed by atoms with van der Waals surface area (Å²) in [5.74, 6) is -0.946. The molecule has 1 heterocycles. The van der Waals surface area contributed by atoms with Crippen LogP contribution < -0.4 is 10.6 Å². The molecule has 0 saturated heterocycles. The highest BCUT2D eigenvalue weighted by molar-refractivity contribution is 5.87. The van der Waals surface area contributed by atoms with Crippen LogP contribution in [0.2, 0.25) is 0 Å². The van der Waals surface area contributed by atoms with Crippen LogP contribution in [0.15, 0.2) is 47.3 Å². The molecule has 21 heavy (non-hydrogen) atoms. The van der Waals surface area contributed by atoms with Crippen LogP contribution in [-0.4, -0.2) is 23.7 Å². The minimum atomic E-state index is -0.946. The summed E-state index contributed by atoms with van der Waals surface area (Å²) in [6.07, 6.45) is 3.76. The quantitative estimate of drug-likeness (QED) is 0.758. The van der Waals surface area contributed by atoms with Crippen LogP contribution in [0.1, 0.15) is 21.5 Å². The van der Waals surface area contributed by atoms with Crippen molar-refractivity contribution < 1.29 is 19.1 Å². The summed E-state index contributed by atoms with van der Waals surface area (Å²) in [4.78, 5) is 22.3. The summed E-state index contributed by atoms with van der Waals surface area (Å²) in [6.45, 7) is 0.888. The molecule has 1 aromatic heterocycles. The SMILES string of the molecule is O=C(NCCc1ccc(C(=O)O)cc1)NCc1ccoc1. The molecule has 2 aromatic rings. The molecule has 0 aliphatic rings. The Balaban J connectivity index is 1.68. The van der Waals surface area contributed by atoms with Gasteiger partial charge in [0, 0.05) is 18.7 Å². The second-order valence-electron chi connectivity index (χ2n) is 4.49. The first-order valence-electron chi connectivity index (χ1n) is 6.50. The summed E-state index contributed by atoms with van der Waals surface area (Å²) < 4.78 is 4.90. The van der Waals surface area contributed by atoms with Crippen molar-refractivity contribution >= 4 is 12.0 Å². The molecule has 0 unspecified atom stereocenters. The number of carbonyl (C=O) groups is 2. The van der Waals surface area contributed by atoms with Crippen LogP contribution in [-0.2, 0) is 13.0 Å². The van der Waals surface area contributed by atoms with E-state index in [0.29, 0.717) is 19.5 Å². The number of aromatic carboxylic acids is 1. The van der Waals surface area contributed by atoms with Gasteiger partial charge in [-0.2, -0.15) is 0 Å². The van der Waals surface area contributed by atoms with Crippen molar-refractivity contribution in [1.82, 2.24) is 10.6 Å². The fraction of sp³-hybridized carbons (Fsp3) is 0.200. The fourth-order valence-corrected chi connectivity index (χ4v) is 1.77. The standard InChI is InChI=1S/C15H16N2O4/c18-14(19)13-3-1-11(2-4-13)5-7-16-15(20)17-9-12-6-8-21-10-12/h1-4,6,8,10H,5,7,9H2,(H,18,19)(H2,16,17,20). The number of carboxylic acids is 1. The first kappa shape index (κ1) is 14.6. The van der Waals surface area contributed by atoms with Gasteiger partial charge in [0.25, 0.3) is 0 Å². The Morgan fingerprint density at radius 3 is 2.43 bits per heavy atom. The Labute approximate surface area is 121 Å².